The van der Waals surface area contributed by atoms with Crippen molar-refractivity contribution in [3.8, 4) is 34.0 Å². The van der Waals surface area contributed by atoms with E-state index in [0.29, 0.717) is 5.69 Å². The first-order valence-corrected chi connectivity index (χ1v) is 10.5. The van der Waals surface area contributed by atoms with Crippen LogP contribution in [0.5, 0.6) is 5.75 Å². The topological polar surface area (TPSA) is 84.6 Å². The lowest BCUT2D eigenvalue weighted by Crippen LogP contribution is -2.15. The molecule has 6 nitrogen and oxygen atoms in total. The lowest BCUT2D eigenvalue weighted by molar-refractivity contribution is -0.137. The van der Waals surface area contributed by atoms with Crippen molar-refractivity contribution in [2.24, 2.45) is 0 Å². The smallest absolute Gasteiger partial charge is 0.449 e. The zero-order chi connectivity index (χ0) is 25.4. The second kappa shape index (κ2) is 8.92. The van der Waals surface area contributed by atoms with Gasteiger partial charge in [0.05, 0.1) is 11.3 Å². The van der Waals surface area contributed by atoms with Gasteiger partial charge in [-0.05, 0) is 55.3 Å². The van der Waals surface area contributed by atoms with Gasteiger partial charge in [0.25, 0.3) is 0 Å². The van der Waals surface area contributed by atoms with Crippen molar-refractivity contribution in [2.45, 2.75) is 25.6 Å². The average Bonchev–Trinajstić information content (AvgIpc) is 3.25. The Morgan fingerprint density at radius 2 is 1.49 bits per heavy atom. The lowest BCUT2D eigenvalue weighted by atomic mass is 10.0. The second-order valence-corrected chi connectivity index (χ2v) is 8.36. The number of carbonyl (C=O) groups is 1. The molecule has 0 spiro atoms. The molecule has 9 heteroatoms. The van der Waals surface area contributed by atoms with Crippen molar-refractivity contribution in [3.05, 3.63) is 90.3 Å². The summed E-state index contributed by atoms with van der Waals surface area (Å²) in [6.07, 6.45) is -4.46. The highest BCUT2D eigenvalue weighted by molar-refractivity contribution is 5.69. The Morgan fingerprint density at radius 3 is 2.03 bits per heavy atom. The van der Waals surface area contributed by atoms with Gasteiger partial charge >= 0.3 is 12.3 Å². The molecule has 180 valence electrons. The Morgan fingerprint density at radius 1 is 0.914 bits per heavy atom. The summed E-state index contributed by atoms with van der Waals surface area (Å²) in [6, 6.07) is 18.6. The fourth-order valence-corrected chi connectivity index (χ4v) is 3.62. The summed E-state index contributed by atoms with van der Waals surface area (Å²) in [6.45, 7) is 3.03. The number of benzene rings is 3. The molecule has 0 radical (unpaired) electrons. The van der Waals surface area contributed by atoms with Crippen molar-refractivity contribution >= 4 is 6.16 Å². The molecule has 0 amide bonds. The molecule has 0 bridgehead atoms. The number of hydrogen-bond acceptors (Lipinski definition) is 4. The maximum Gasteiger partial charge on any atom is 0.511 e. The summed E-state index contributed by atoms with van der Waals surface area (Å²) in [7, 11) is 0. The van der Waals surface area contributed by atoms with Crippen molar-refractivity contribution in [1.29, 1.82) is 0 Å². The van der Waals surface area contributed by atoms with Gasteiger partial charge < -0.3 is 14.9 Å². The third kappa shape index (κ3) is 5.20. The van der Waals surface area contributed by atoms with Crippen molar-refractivity contribution in [1.82, 2.24) is 9.55 Å². The Balaban J connectivity index is 1.77. The molecule has 4 aromatic rings. The highest BCUT2D eigenvalue weighted by Crippen LogP contribution is 2.38. The fraction of sp³-hybridized carbons (Fsp3) is 0.154. The van der Waals surface area contributed by atoms with E-state index in [1.807, 2.05) is 0 Å². The van der Waals surface area contributed by atoms with E-state index in [0.717, 1.165) is 17.2 Å². The van der Waals surface area contributed by atoms with Gasteiger partial charge in [0.1, 0.15) is 17.2 Å². The Bertz CT molecular complexity index is 1350. The first-order valence-electron chi connectivity index (χ1n) is 10.5. The number of carboxylic acid groups (broad SMARTS) is 1. The van der Waals surface area contributed by atoms with Crippen molar-refractivity contribution < 1.29 is 32.9 Å². The predicted octanol–water partition coefficient (Wildman–Crippen LogP) is 6.51. The molecule has 2 N–H and O–H groups in total. The van der Waals surface area contributed by atoms with E-state index in [1.54, 1.807) is 36.4 Å². The lowest BCUT2D eigenvalue weighted by Gasteiger charge is -2.14. The predicted molar refractivity (Wildman–Crippen MR) is 123 cm³/mol. The van der Waals surface area contributed by atoms with Gasteiger partial charge in [-0.1, -0.05) is 42.5 Å². The molecule has 0 aliphatic heterocycles. The van der Waals surface area contributed by atoms with E-state index in [4.69, 9.17) is 5.11 Å². The van der Waals surface area contributed by atoms with Crippen molar-refractivity contribution in [3.63, 3.8) is 0 Å². The number of aromatic nitrogens is 2. The van der Waals surface area contributed by atoms with E-state index < -0.39 is 23.5 Å². The standard InChI is InChI=1S/C26H21F3N2O4/c1-25(2,34)22-15-31(23(30-22)20-5-3-4-6-21(20)26(27,28)29)18-11-7-16(8-12-18)17-9-13-19(14-10-17)35-24(32)33/h3-15,34H,1-2H3,(H,32,33). The van der Waals surface area contributed by atoms with Crippen LogP contribution in [0, 0.1) is 0 Å². The van der Waals surface area contributed by atoms with E-state index in [2.05, 4.69) is 9.72 Å². The van der Waals surface area contributed by atoms with Gasteiger partial charge in [0.2, 0.25) is 0 Å². The molecule has 0 saturated carbocycles. The van der Waals surface area contributed by atoms with Gasteiger partial charge in [0.15, 0.2) is 0 Å². The molecule has 3 aromatic carbocycles. The zero-order valence-corrected chi connectivity index (χ0v) is 18.7. The summed E-state index contributed by atoms with van der Waals surface area (Å²) >= 11 is 0. The molecule has 0 atom stereocenters. The summed E-state index contributed by atoms with van der Waals surface area (Å²) in [5, 5.41) is 19.2. The van der Waals surface area contributed by atoms with Gasteiger partial charge in [0, 0.05) is 17.4 Å². The van der Waals surface area contributed by atoms with Crippen LogP contribution in [0.3, 0.4) is 0 Å². The van der Waals surface area contributed by atoms with Crippen LogP contribution in [0.25, 0.3) is 28.2 Å². The third-order valence-electron chi connectivity index (χ3n) is 5.34. The molecule has 1 aromatic heterocycles. The minimum Gasteiger partial charge on any atom is -0.449 e. The number of nitrogens with zero attached hydrogens (tertiary/aromatic N) is 2. The van der Waals surface area contributed by atoms with E-state index in [1.165, 1.54) is 54.9 Å². The minimum absolute atomic E-state index is 0.0537. The van der Waals surface area contributed by atoms with Crippen LogP contribution in [0.15, 0.2) is 79.0 Å². The average molecular weight is 482 g/mol. The summed E-state index contributed by atoms with van der Waals surface area (Å²) in [5.41, 5.74) is 0.0722. The van der Waals surface area contributed by atoms with Crippen LogP contribution < -0.4 is 4.74 Å². The van der Waals surface area contributed by atoms with Crippen LogP contribution in [-0.4, -0.2) is 25.9 Å². The molecular formula is C26H21F3N2O4. The molecule has 0 fully saturated rings. The quantitative estimate of drug-likeness (QED) is 0.250. The molecule has 0 saturated heterocycles. The van der Waals surface area contributed by atoms with Crippen LogP contribution in [0.2, 0.25) is 0 Å². The summed E-state index contributed by atoms with van der Waals surface area (Å²) < 4.78 is 47.3. The maximum atomic E-state index is 13.7. The van der Waals surface area contributed by atoms with Crippen LogP contribution >= 0.6 is 0 Å². The van der Waals surface area contributed by atoms with E-state index >= 15 is 0 Å². The summed E-state index contributed by atoms with van der Waals surface area (Å²) in [5.74, 6) is 0.237. The number of halogens is 3. The van der Waals surface area contributed by atoms with Gasteiger partial charge in [-0.3, -0.25) is 4.57 Å². The van der Waals surface area contributed by atoms with Crippen LogP contribution in [-0.2, 0) is 11.8 Å². The van der Waals surface area contributed by atoms with Gasteiger partial charge in [-0.2, -0.15) is 13.2 Å². The third-order valence-corrected chi connectivity index (χ3v) is 5.34. The van der Waals surface area contributed by atoms with Crippen LogP contribution in [0.1, 0.15) is 25.1 Å². The number of imidazole rings is 1. The number of hydrogen-bond donors (Lipinski definition) is 2. The first-order chi connectivity index (χ1) is 16.4. The van der Waals surface area contributed by atoms with Gasteiger partial charge in [-0.15, -0.1) is 0 Å². The monoisotopic (exact) mass is 482 g/mol. The largest absolute Gasteiger partial charge is 0.511 e. The zero-order valence-electron chi connectivity index (χ0n) is 18.7. The first kappa shape index (κ1) is 24.0. The molecule has 0 unspecified atom stereocenters. The fourth-order valence-electron chi connectivity index (χ4n) is 3.62. The Hall–Kier alpha value is -4.11. The SMILES string of the molecule is CC(C)(O)c1cn(-c2ccc(-c3ccc(OC(=O)O)cc3)cc2)c(-c2ccccc2C(F)(F)F)n1. The van der Waals surface area contributed by atoms with Gasteiger partial charge in [-0.25, -0.2) is 9.78 Å². The molecule has 4 rings (SSSR count). The number of rotatable bonds is 5. The number of ether oxygens (including phenoxy) is 1. The molecule has 35 heavy (non-hydrogen) atoms. The van der Waals surface area contributed by atoms with E-state index in [-0.39, 0.29) is 22.8 Å². The second-order valence-electron chi connectivity index (χ2n) is 8.36. The number of aliphatic hydroxyl groups is 1. The van der Waals surface area contributed by atoms with Crippen LogP contribution in [0.4, 0.5) is 18.0 Å². The number of alkyl halides is 3. The normalized spacial score (nSPS) is 11.9. The molecule has 0 aliphatic carbocycles. The molecular weight excluding hydrogens is 461 g/mol. The molecule has 0 aliphatic rings. The minimum atomic E-state index is -4.58. The molecule has 1 heterocycles. The highest BCUT2D eigenvalue weighted by atomic mass is 19.4. The van der Waals surface area contributed by atoms with Crippen molar-refractivity contribution in [2.75, 3.05) is 0 Å². The maximum absolute atomic E-state index is 13.7. The Kier molecular flexibility index (Phi) is 6.12. The summed E-state index contributed by atoms with van der Waals surface area (Å²) in [4.78, 5) is 15.0. The Labute approximate surface area is 198 Å². The van der Waals surface area contributed by atoms with E-state index in [9.17, 15) is 23.1 Å². The highest BCUT2D eigenvalue weighted by Gasteiger charge is 2.35.